The number of anilines is 1. The van der Waals surface area contributed by atoms with E-state index in [1.165, 1.54) is 11.3 Å². The second-order valence-corrected chi connectivity index (χ2v) is 7.26. The van der Waals surface area contributed by atoms with E-state index in [4.69, 9.17) is 9.47 Å². The van der Waals surface area contributed by atoms with Crippen LogP contribution in [0, 0.1) is 0 Å². The molecule has 0 aliphatic carbocycles. The fourth-order valence-corrected chi connectivity index (χ4v) is 3.76. The van der Waals surface area contributed by atoms with Crippen molar-refractivity contribution >= 4 is 17.7 Å². The lowest BCUT2D eigenvalue weighted by molar-refractivity contribution is 0.0963. The van der Waals surface area contributed by atoms with Crippen LogP contribution in [-0.4, -0.2) is 76.0 Å². The minimum absolute atomic E-state index is 0.215. The van der Waals surface area contributed by atoms with E-state index in [0.717, 1.165) is 45.1 Å². The van der Waals surface area contributed by atoms with Gasteiger partial charge in [-0.2, -0.15) is 0 Å². The Morgan fingerprint density at radius 3 is 2.62 bits per heavy atom. The maximum Gasteiger partial charge on any atom is 0.409 e. The average Bonchev–Trinajstić information content (AvgIpc) is 2.78. The van der Waals surface area contributed by atoms with E-state index in [9.17, 15) is 4.79 Å². The molecule has 8 heteroatoms. The molecule has 0 spiro atoms. The number of carbonyl (C=O) groups is 1. The number of amides is 1. The molecule has 2 aliphatic rings. The Kier molecular flexibility index (Phi) is 7.98. The van der Waals surface area contributed by atoms with Crippen LogP contribution in [0.1, 0.15) is 25.3 Å². The van der Waals surface area contributed by atoms with Crippen molar-refractivity contribution in [1.82, 2.24) is 15.5 Å². The number of rotatable bonds is 5. The van der Waals surface area contributed by atoms with Crippen molar-refractivity contribution in [3.05, 3.63) is 29.8 Å². The van der Waals surface area contributed by atoms with E-state index in [1.807, 2.05) is 6.92 Å². The average molecular weight is 404 g/mol. The van der Waals surface area contributed by atoms with Gasteiger partial charge >= 0.3 is 6.09 Å². The lowest BCUT2D eigenvalue weighted by atomic mass is 10.1. The van der Waals surface area contributed by atoms with Crippen LogP contribution >= 0.6 is 0 Å². The van der Waals surface area contributed by atoms with Gasteiger partial charge in [0, 0.05) is 51.5 Å². The number of benzene rings is 1. The molecule has 0 bridgehead atoms. The maximum absolute atomic E-state index is 11.8. The van der Waals surface area contributed by atoms with Crippen LogP contribution in [0.5, 0.6) is 0 Å². The van der Waals surface area contributed by atoms with Crippen LogP contribution in [0.4, 0.5) is 10.5 Å². The molecule has 1 aromatic carbocycles. The van der Waals surface area contributed by atoms with Gasteiger partial charge in [0.25, 0.3) is 0 Å². The topological polar surface area (TPSA) is 78.4 Å². The zero-order valence-corrected chi connectivity index (χ0v) is 17.5. The SMILES string of the molecule is CCOC(=O)N1CCC(NC(=NC)NCc2ccccc2N2CCOCC2)CC1. The third-order valence-electron chi connectivity index (χ3n) is 5.38. The summed E-state index contributed by atoms with van der Waals surface area (Å²) in [5, 5.41) is 6.94. The summed E-state index contributed by atoms with van der Waals surface area (Å²) in [5.41, 5.74) is 2.50. The third-order valence-corrected chi connectivity index (χ3v) is 5.38. The first kappa shape index (κ1) is 21.2. The number of likely N-dealkylation sites (tertiary alicyclic amines) is 1. The number of nitrogens with one attached hydrogen (secondary N) is 2. The van der Waals surface area contributed by atoms with E-state index in [0.29, 0.717) is 32.3 Å². The summed E-state index contributed by atoms with van der Waals surface area (Å²) in [5.74, 6) is 0.788. The predicted octanol–water partition coefficient (Wildman–Crippen LogP) is 1.81. The zero-order chi connectivity index (χ0) is 20.5. The number of morpholine rings is 1. The second-order valence-electron chi connectivity index (χ2n) is 7.26. The second kappa shape index (κ2) is 10.9. The number of aliphatic imine (C=N–C) groups is 1. The Morgan fingerprint density at radius 2 is 1.93 bits per heavy atom. The Balaban J connectivity index is 1.50. The van der Waals surface area contributed by atoms with Gasteiger partial charge in [-0.3, -0.25) is 4.99 Å². The number of guanidine groups is 1. The molecule has 0 unspecified atom stereocenters. The van der Waals surface area contributed by atoms with Gasteiger partial charge in [0.05, 0.1) is 19.8 Å². The first-order valence-electron chi connectivity index (χ1n) is 10.5. The highest BCUT2D eigenvalue weighted by molar-refractivity contribution is 5.80. The van der Waals surface area contributed by atoms with Crippen LogP contribution in [0.15, 0.2) is 29.3 Å². The maximum atomic E-state index is 11.8. The largest absolute Gasteiger partial charge is 0.450 e. The summed E-state index contributed by atoms with van der Waals surface area (Å²) < 4.78 is 10.6. The smallest absolute Gasteiger partial charge is 0.409 e. The summed E-state index contributed by atoms with van der Waals surface area (Å²) >= 11 is 0. The molecule has 8 nitrogen and oxygen atoms in total. The summed E-state index contributed by atoms with van der Waals surface area (Å²) in [6.45, 7) is 7.74. The first-order chi connectivity index (χ1) is 14.2. The number of hydrogen-bond donors (Lipinski definition) is 2. The number of carbonyl (C=O) groups excluding carboxylic acids is 1. The summed E-state index contributed by atoms with van der Waals surface area (Å²) in [4.78, 5) is 20.4. The van der Waals surface area contributed by atoms with Crippen molar-refractivity contribution in [3.8, 4) is 0 Å². The molecule has 0 aromatic heterocycles. The number of ether oxygens (including phenoxy) is 2. The van der Waals surface area contributed by atoms with Gasteiger partial charge < -0.3 is 29.9 Å². The van der Waals surface area contributed by atoms with Crippen molar-refractivity contribution in [2.75, 3.05) is 57.9 Å². The molecule has 29 heavy (non-hydrogen) atoms. The minimum atomic E-state index is -0.215. The van der Waals surface area contributed by atoms with E-state index < -0.39 is 0 Å². The minimum Gasteiger partial charge on any atom is -0.450 e. The van der Waals surface area contributed by atoms with Gasteiger partial charge in [0.15, 0.2) is 5.96 Å². The zero-order valence-electron chi connectivity index (χ0n) is 17.5. The number of piperidine rings is 1. The van der Waals surface area contributed by atoms with E-state index >= 15 is 0 Å². The Morgan fingerprint density at radius 1 is 1.21 bits per heavy atom. The number of para-hydroxylation sites is 1. The summed E-state index contributed by atoms with van der Waals surface area (Å²) in [6.07, 6.45) is 1.54. The molecule has 2 N–H and O–H groups in total. The molecular weight excluding hydrogens is 370 g/mol. The molecule has 0 saturated carbocycles. The van der Waals surface area contributed by atoms with Crippen molar-refractivity contribution in [2.45, 2.75) is 32.4 Å². The molecule has 0 atom stereocenters. The van der Waals surface area contributed by atoms with E-state index in [1.54, 1.807) is 11.9 Å². The third kappa shape index (κ3) is 6.00. The molecule has 2 saturated heterocycles. The van der Waals surface area contributed by atoms with E-state index in [-0.39, 0.29) is 6.09 Å². The molecule has 2 heterocycles. The van der Waals surface area contributed by atoms with Crippen LogP contribution in [-0.2, 0) is 16.0 Å². The predicted molar refractivity (Wildman–Crippen MR) is 114 cm³/mol. The van der Waals surface area contributed by atoms with Crippen LogP contribution in [0.2, 0.25) is 0 Å². The van der Waals surface area contributed by atoms with Crippen molar-refractivity contribution in [1.29, 1.82) is 0 Å². The number of hydrogen-bond acceptors (Lipinski definition) is 5. The van der Waals surface area contributed by atoms with Gasteiger partial charge in [-0.1, -0.05) is 18.2 Å². The molecule has 160 valence electrons. The van der Waals surface area contributed by atoms with Crippen molar-refractivity contribution in [3.63, 3.8) is 0 Å². The molecular formula is C21H33N5O3. The molecule has 2 fully saturated rings. The van der Waals surface area contributed by atoms with Gasteiger partial charge in [-0.25, -0.2) is 4.79 Å². The normalized spacial score (nSPS) is 18.5. The highest BCUT2D eigenvalue weighted by Gasteiger charge is 2.24. The monoisotopic (exact) mass is 403 g/mol. The summed E-state index contributed by atoms with van der Waals surface area (Å²) in [6, 6.07) is 8.77. The quantitative estimate of drug-likeness (QED) is 0.577. The van der Waals surface area contributed by atoms with Crippen LogP contribution in [0.3, 0.4) is 0 Å². The standard InChI is InChI=1S/C21H33N5O3/c1-3-29-21(27)26-10-8-18(9-11-26)24-20(22-2)23-16-17-6-4-5-7-19(17)25-12-14-28-15-13-25/h4-7,18H,3,8-16H2,1-2H3,(H2,22,23,24). The fraction of sp³-hybridized carbons (Fsp3) is 0.619. The Hall–Kier alpha value is -2.48. The van der Waals surface area contributed by atoms with Crippen molar-refractivity contribution in [2.24, 2.45) is 4.99 Å². The van der Waals surface area contributed by atoms with Gasteiger partial charge in [-0.05, 0) is 31.4 Å². The fourth-order valence-electron chi connectivity index (χ4n) is 3.76. The lowest BCUT2D eigenvalue weighted by Crippen LogP contribution is -2.49. The molecule has 2 aliphatic heterocycles. The summed E-state index contributed by atoms with van der Waals surface area (Å²) in [7, 11) is 1.79. The molecule has 1 aromatic rings. The Labute approximate surface area is 173 Å². The van der Waals surface area contributed by atoms with Crippen molar-refractivity contribution < 1.29 is 14.3 Å². The van der Waals surface area contributed by atoms with E-state index in [2.05, 4.69) is 44.8 Å². The van der Waals surface area contributed by atoms with Gasteiger partial charge in [0.1, 0.15) is 0 Å². The first-order valence-corrected chi connectivity index (χ1v) is 10.5. The van der Waals surface area contributed by atoms with Crippen LogP contribution in [0.25, 0.3) is 0 Å². The lowest BCUT2D eigenvalue weighted by Gasteiger charge is -2.32. The highest BCUT2D eigenvalue weighted by atomic mass is 16.6. The van der Waals surface area contributed by atoms with Gasteiger partial charge in [-0.15, -0.1) is 0 Å². The highest BCUT2D eigenvalue weighted by Crippen LogP contribution is 2.21. The van der Waals surface area contributed by atoms with Gasteiger partial charge in [0.2, 0.25) is 0 Å². The number of nitrogens with zero attached hydrogens (tertiary/aromatic N) is 3. The Bertz CT molecular complexity index is 683. The molecule has 1 amide bonds. The van der Waals surface area contributed by atoms with Crippen LogP contribution < -0.4 is 15.5 Å². The molecule has 3 rings (SSSR count). The molecule has 0 radical (unpaired) electrons.